The molecule has 6 heteroatoms. The van der Waals surface area contributed by atoms with Gasteiger partial charge in [0.15, 0.2) is 0 Å². The Morgan fingerprint density at radius 1 is 1.33 bits per heavy atom. The Labute approximate surface area is 142 Å². The molecule has 4 nitrogen and oxygen atoms in total. The first-order valence-electron chi connectivity index (χ1n) is 7.67. The van der Waals surface area contributed by atoms with E-state index in [0.717, 1.165) is 45.3 Å². The van der Waals surface area contributed by atoms with Gasteiger partial charge in [-0.05, 0) is 32.1 Å². The second kappa shape index (κ2) is 10.7. The number of amides is 1. The van der Waals surface area contributed by atoms with E-state index >= 15 is 0 Å². The van der Waals surface area contributed by atoms with Crippen LogP contribution in [0.4, 0.5) is 0 Å². The van der Waals surface area contributed by atoms with Crippen molar-refractivity contribution in [1.82, 2.24) is 10.2 Å². The molecule has 21 heavy (non-hydrogen) atoms. The van der Waals surface area contributed by atoms with Crippen LogP contribution in [0.1, 0.15) is 53.4 Å². The van der Waals surface area contributed by atoms with Gasteiger partial charge in [0.1, 0.15) is 0 Å². The Morgan fingerprint density at radius 2 is 1.86 bits per heavy atom. The van der Waals surface area contributed by atoms with Crippen LogP contribution in [0, 0.1) is 5.92 Å². The lowest BCUT2D eigenvalue weighted by Crippen LogP contribution is -2.56. The summed E-state index contributed by atoms with van der Waals surface area (Å²) in [5.41, 5.74) is 5.34. The molecule has 0 saturated carbocycles. The van der Waals surface area contributed by atoms with E-state index in [4.69, 9.17) is 5.73 Å². The van der Waals surface area contributed by atoms with Gasteiger partial charge in [0.25, 0.3) is 0 Å². The van der Waals surface area contributed by atoms with E-state index in [9.17, 15) is 4.79 Å². The van der Waals surface area contributed by atoms with E-state index in [1.807, 2.05) is 6.92 Å². The van der Waals surface area contributed by atoms with Crippen LogP contribution in [0.2, 0.25) is 0 Å². The summed E-state index contributed by atoms with van der Waals surface area (Å²) >= 11 is 0. The predicted octanol–water partition coefficient (Wildman–Crippen LogP) is 2.58. The van der Waals surface area contributed by atoms with Crippen molar-refractivity contribution in [2.24, 2.45) is 11.7 Å². The van der Waals surface area contributed by atoms with Crippen molar-refractivity contribution in [3.05, 3.63) is 0 Å². The number of piperidine rings is 1. The smallest absolute Gasteiger partial charge is 0.240 e. The topological polar surface area (TPSA) is 58.4 Å². The molecule has 0 aromatic heterocycles. The SMILES string of the molecule is CCCC(C)(N)C(=O)NC1CCN(CC(C)C)CC1.Cl.Cl. The fourth-order valence-electron chi connectivity index (χ4n) is 2.76. The molecule has 1 fully saturated rings. The Kier molecular flexibility index (Phi) is 11.8. The summed E-state index contributed by atoms with van der Waals surface area (Å²) in [5.74, 6) is 0.722. The minimum absolute atomic E-state index is 0. The van der Waals surface area contributed by atoms with E-state index in [0.29, 0.717) is 12.0 Å². The van der Waals surface area contributed by atoms with Crippen molar-refractivity contribution in [2.75, 3.05) is 19.6 Å². The van der Waals surface area contributed by atoms with Crippen LogP contribution in [0.3, 0.4) is 0 Å². The zero-order valence-corrected chi connectivity index (χ0v) is 15.5. The van der Waals surface area contributed by atoms with Crippen molar-refractivity contribution in [3.8, 4) is 0 Å². The third-order valence-corrected chi connectivity index (χ3v) is 3.83. The highest BCUT2D eigenvalue weighted by atomic mass is 35.5. The summed E-state index contributed by atoms with van der Waals surface area (Å²) in [6.07, 6.45) is 3.76. The highest BCUT2D eigenvalue weighted by Gasteiger charge is 2.30. The zero-order chi connectivity index (χ0) is 14.5. The number of likely N-dealkylation sites (tertiary alicyclic amines) is 1. The molecule has 1 aliphatic rings. The van der Waals surface area contributed by atoms with Gasteiger partial charge in [-0.2, -0.15) is 0 Å². The molecule has 1 aliphatic heterocycles. The first-order valence-corrected chi connectivity index (χ1v) is 7.67. The maximum absolute atomic E-state index is 12.1. The summed E-state index contributed by atoms with van der Waals surface area (Å²) in [5, 5.41) is 3.13. The average Bonchev–Trinajstić information content (AvgIpc) is 2.30. The van der Waals surface area contributed by atoms with Gasteiger partial charge in [-0.15, -0.1) is 24.8 Å². The van der Waals surface area contributed by atoms with E-state index in [2.05, 4.69) is 31.0 Å². The predicted molar refractivity (Wildman–Crippen MR) is 94.4 cm³/mol. The van der Waals surface area contributed by atoms with E-state index in [1.54, 1.807) is 0 Å². The standard InChI is InChI=1S/C15H31N3O.2ClH/c1-5-8-15(4,16)14(19)17-13-6-9-18(10-7-13)11-12(2)3;;/h12-13H,5-11,16H2,1-4H3,(H,17,19);2*1H. The molecule has 0 aromatic rings. The van der Waals surface area contributed by atoms with Crippen LogP contribution in [-0.2, 0) is 4.79 Å². The number of halogens is 2. The van der Waals surface area contributed by atoms with Crippen LogP contribution in [0.25, 0.3) is 0 Å². The quantitative estimate of drug-likeness (QED) is 0.780. The lowest BCUT2D eigenvalue weighted by molar-refractivity contribution is -0.127. The molecule has 1 saturated heterocycles. The molecule has 128 valence electrons. The minimum Gasteiger partial charge on any atom is -0.352 e. The van der Waals surface area contributed by atoms with Gasteiger partial charge in [-0.1, -0.05) is 27.2 Å². The molecular weight excluding hydrogens is 309 g/mol. The van der Waals surface area contributed by atoms with Gasteiger partial charge in [0.05, 0.1) is 5.54 Å². The number of nitrogens with two attached hydrogens (primary N) is 1. The van der Waals surface area contributed by atoms with Crippen molar-refractivity contribution in [2.45, 2.75) is 65.0 Å². The molecule has 3 N–H and O–H groups in total. The summed E-state index contributed by atoms with van der Waals surface area (Å²) < 4.78 is 0. The summed E-state index contributed by atoms with van der Waals surface area (Å²) in [6, 6.07) is 0.302. The van der Waals surface area contributed by atoms with Gasteiger partial charge in [0, 0.05) is 25.7 Å². The lowest BCUT2D eigenvalue weighted by Gasteiger charge is -2.35. The summed E-state index contributed by atoms with van der Waals surface area (Å²) in [6.45, 7) is 11.7. The number of nitrogens with one attached hydrogen (secondary N) is 1. The average molecular weight is 342 g/mol. The molecule has 0 radical (unpaired) electrons. The molecular formula is C15H33Cl2N3O. The molecule has 1 amide bonds. The molecule has 1 unspecified atom stereocenters. The van der Waals surface area contributed by atoms with Gasteiger partial charge >= 0.3 is 0 Å². The highest BCUT2D eigenvalue weighted by molar-refractivity contribution is 5.86. The van der Waals surface area contributed by atoms with Gasteiger partial charge in [0.2, 0.25) is 5.91 Å². The van der Waals surface area contributed by atoms with Crippen molar-refractivity contribution >= 4 is 30.7 Å². The van der Waals surface area contributed by atoms with Crippen molar-refractivity contribution < 1.29 is 4.79 Å². The zero-order valence-electron chi connectivity index (χ0n) is 13.9. The Morgan fingerprint density at radius 3 is 2.29 bits per heavy atom. The van der Waals surface area contributed by atoms with Crippen LogP contribution in [0.5, 0.6) is 0 Å². The van der Waals surface area contributed by atoms with E-state index < -0.39 is 5.54 Å². The molecule has 1 heterocycles. The molecule has 0 spiro atoms. The third-order valence-electron chi connectivity index (χ3n) is 3.83. The molecule has 1 atom stereocenters. The fraction of sp³-hybridized carbons (Fsp3) is 0.933. The molecule has 0 aliphatic carbocycles. The Balaban J connectivity index is 0. The van der Waals surface area contributed by atoms with E-state index in [-0.39, 0.29) is 30.7 Å². The number of nitrogens with zero attached hydrogens (tertiary/aromatic N) is 1. The molecule has 0 aromatic carbocycles. The summed E-state index contributed by atoms with van der Waals surface area (Å²) in [4.78, 5) is 14.6. The van der Waals surface area contributed by atoms with Gasteiger partial charge < -0.3 is 16.0 Å². The fourth-order valence-corrected chi connectivity index (χ4v) is 2.76. The Bertz CT molecular complexity index is 291. The van der Waals surface area contributed by atoms with Crippen molar-refractivity contribution in [3.63, 3.8) is 0 Å². The number of hydrogen-bond acceptors (Lipinski definition) is 3. The largest absolute Gasteiger partial charge is 0.352 e. The number of hydrogen-bond donors (Lipinski definition) is 2. The Hall–Kier alpha value is -0.0300. The van der Waals surface area contributed by atoms with E-state index in [1.165, 1.54) is 0 Å². The monoisotopic (exact) mass is 341 g/mol. The summed E-state index contributed by atoms with van der Waals surface area (Å²) in [7, 11) is 0. The van der Waals surface area contributed by atoms with Gasteiger partial charge in [-0.25, -0.2) is 0 Å². The first-order chi connectivity index (χ1) is 8.85. The van der Waals surface area contributed by atoms with Gasteiger partial charge in [-0.3, -0.25) is 4.79 Å². The van der Waals surface area contributed by atoms with Crippen LogP contribution in [-0.4, -0.2) is 42.0 Å². The number of carbonyl (C=O) groups excluding carboxylic acids is 1. The molecule has 1 rings (SSSR count). The first kappa shape index (κ1) is 23.2. The molecule has 0 bridgehead atoms. The van der Waals surface area contributed by atoms with Crippen LogP contribution < -0.4 is 11.1 Å². The van der Waals surface area contributed by atoms with Crippen molar-refractivity contribution in [1.29, 1.82) is 0 Å². The maximum atomic E-state index is 12.1. The minimum atomic E-state index is -0.718. The normalized spacial score (nSPS) is 19.3. The number of rotatable bonds is 6. The van der Waals surface area contributed by atoms with Crippen LogP contribution in [0.15, 0.2) is 0 Å². The second-order valence-corrected chi connectivity index (χ2v) is 6.61. The maximum Gasteiger partial charge on any atom is 0.240 e. The lowest BCUT2D eigenvalue weighted by atomic mass is 9.95. The number of carbonyl (C=O) groups is 1. The highest BCUT2D eigenvalue weighted by Crippen LogP contribution is 2.14. The third kappa shape index (κ3) is 8.24. The second-order valence-electron chi connectivity index (χ2n) is 6.61. The van der Waals surface area contributed by atoms with Crippen LogP contribution >= 0.6 is 24.8 Å².